The molecule has 0 aromatic heterocycles. The summed E-state index contributed by atoms with van der Waals surface area (Å²) >= 11 is 3.50. The molecule has 0 aliphatic carbocycles. The number of unbranched alkanes of at least 4 members (excludes halogenated alkanes) is 18. The first kappa shape index (κ1) is 41.4. The largest absolute Gasteiger partial charge is 0.465 e. The lowest BCUT2D eigenvalue weighted by Crippen LogP contribution is -2.32. The van der Waals surface area contributed by atoms with Crippen molar-refractivity contribution in [1.82, 2.24) is 4.90 Å². The van der Waals surface area contributed by atoms with Crippen LogP contribution in [0.4, 0.5) is 0 Å². The first-order valence-corrected chi connectivity index (χ1v) is 19.7. The van der Waals surface area contributed by atoms with Crippen molar-refractivity contribution in [2.75, 3.05) is 25.0 Å². The van der Waals surface area contributed by atoms with Crippen molar-refractivity contribution in [1.29, 1.82) is 0 Å². The van der Waals surface area contributed by atoms with E-state index in [4.69, 9.17) is 4.74 Å². The Bertz CT molecular complexity index is 585. The Hall–Kier alpha value is -0.580. The van der Waals surface area contributed by atoms with Crippen LogP contribution < -0.4 is 0 Å². The van der Waals surface area contributed by atoms with Crippen molar-refractivity contribution in [3.05, 3.63) is 0 Å². The van der Waals surface area contributed by atoms with Crippen LogP contribution >= 0.6 is 15.9 Å². The number of carbonyl (C=O) groups excluding carboxylic acids is 2. The van der Waals surface area contributed by atoms with Gasteiger partial charge in [-0.1, -0.05) is 152 Å². The number of hydrogen-bond donors (Lipinski definition) is 0. The van der Waals surface area contributed by atoms with E-state index >= 15 is 0 Å². The molecule has 250 valence electrons. The van der Waals surface area contributed by atoms with Crippen molar-refractivity contribution >= 4 is 27.8 Å². The molecule has 0 saturated carbocycles. The summed E-state index contributed by atoms with van der Waals surface area (Å²) < 4.78 is 5.77. The van der Waals surface area contributed by atoms with Crippen LogP contribution in [0.2, 0.25) is 0 Å². The van der Waals surface area contributed by atoms with Crippen LogP contribution in [0.1, 0.15) is 194 Å². The number of halogens is 1. The number of carbonyl (C=O) groups is 2. The smallest absolute Gasteiger partial charge is 0.305 e. The number of hydrogen-bond acceptors (Lipinski definition) is 3. The van der Waals surface area contributed by atoms with Crippen molar-refractivity contribution in [2.45, 2.75) is 194 Å². The topological polar surface area (TPSA) is 46.6 Å². The van der Waals surface area contributed by atoms with Gasteiger partial charge in [0, 0.05) is 31.3 Å². The molecule has 42 heavy (non-hydrogen) atoms. The number of nitrogens with zero attached hydrogens (tertiary/aromatic N) is 1. The fraction of sp³-hybridized carbons (Fsp3) is 0.946. The van der Waals surface area contributed by atoms with Crippen LogP contribution in [-0.4, -0.2) is 41.8 Å². The summed E-state index contributed by atoms with van der Waals surface area (Å²) in [5.41, 5.74) is 0. The molecule has 0 bridgehead atoms. The molecule has 4 nitrogen and oxygen atoms in total. The minimum absolute atomic E-state index is 0.0135. The Morgan fingerprint density at radius 2 is 0.976 bits per heavy atom. The number of ether oxygens (including phenoxy) is 1. The molecule has 0 fully saturated rings. The maximum atomic E-state index is 12.9. The zero-order valence-electron chi connectivity index (χ0n) is 28.5. The third-order valence-corrected chi connectivity index (χ3v) is 9.19. The van der Waals surface area contributed by atoms with Crippen molar-refractivity contribution in [3.63, 3.8) is 0 Å². The summed E-state index contributed by atoms with van der Waals surface area (Å²) in [5, 5.41) is 1.08. The summed E-state index contributed by atoms with van der Waals surface area (Å²) in [6.45, 7) is 9.16. The second-order valence-electron chi connectivity index (χ2n) is 12.8. The summed E-state index contributed by atoms with van der Waals surface area (Å²) in [7, 11) is 0. The van der Waals surface area contributed by atoms with E-state index < -0.39 is 0 Å². The number of esters is 1. The Morgan fingerprint density at radius 3 is 1.55 bits per heavy atom. The van der Waals surface area contributed by atoms with Gasteiger partial charge < -0.3 is 9.64 Å². The zero-order valence-corrected chi connectivity index (χ0v) is 30.1. The fourth-order valence-electron chi connectivity index (χ4n) is 5.74. The molecular weight excluding hydrogens is 586 g/mol. The van der Waals surface area contributed by atoms with Gasteiger partial charge in [0.25, 0.3) is 0 Å². The molecule has 0 saturated heterocycles. The highest BCUT2D eigenvalue weighted by Gasteiger charge is 2.14. The zero-order chi connectivity index (χ0) is 30.9. The average molecular weight is 659 g/mol. The highest BCUT2D eigenvalue weighted by molar-refractivity contribution is 9.09. The molecule has 0 aliphatic rings. The SMILES string of the molecule is CCCCCCCCC(CCCCCC)COC(=O)CCCCCCN(CCCCCC)C(=O)CCCCCCCBr. The van der Waals surface area contributed by atoms with Gasteiger partial charge in [0.15, 0.2) is 0 Å². The van der Waals surface area contributed by atoms with Crippen molar-refractivity contribution < 1.29 is 14.3 Å². The summed E-state index contributed by atoms with van der Waals surface area (Å²) in [4.78, 5) is 27.5. The normalized spacial score (nSPS) is 12.0. The number of alkyl halides is 1. The van der Waals surface area contributed by atoms with Crippen molar-refractivity contribution in [3.8, 4) is 0 Å². The van der Waals surface area contributed by atoms with Gasteiger partial charge in [0.1, 0.15) is 0 Å². The molecule has 1 unspecified atom stereocenters. The molecule has 1 amide bonds. The highest BCUT2D eigenvalue weighted by Crippen LogP contribution is 2.20. The van der Waals surface area contributed by atoms with Crippen molar-refractivity contribution in [2.24, 2.45) is 5.92 Å². The minimum Gasteiger partial charge on any atom is -0.465 e. The fourth-order valence-corrected chi connectivity index (χ4v) is 6.14. The average Bonchev–Trinajstić information content (AvgIpc) is 2.99. The molecule has 0 spiro atoms. The molecule has 0 aromatic rings. The Morgan fingerprint density at radius 1 is 0.548 bits per heavy atom. The predicted molar refractivity (Wildman–Crippen MR) is 187 cm³/mol. The van der Waals surface area contributed by atoms with Gasteiger partial charge in [-0.05, 0) is 50.9 Å². The molecule has 0 rings (SSSR count). The molecular formula is C37H72BrNO3. The van der Waals surface area contributed by atoms with Gasteiger partial charge >= 0.3 is 5.97 Å². The summed E-state index contributed by atoms with van der Waals surface area (Å²) in [6.07, 6.45) is 31.5. The Balaban J connectivity index is 4.26. The number of amides is 1. The Labute approximate surface area is 271 Å². The second-order valence-corrected chi connectivity index (χ2v) is 13.6. The molecule has 0 heterocycles. The first-order valence-electron chi connectivity index (χ1n) is 18.6. The summed E-state index contributed by atoms with van der Waals surface area (Å²) in [6, 6.07) is 0. The molecule has 1 atom stereocenters. The van der Waals surface area contributed by atoms with E-state index in [1.165, 1.54) is 116 Å². The first-order chi connectivity index (χ1) is 20.6. The Kier molecular flexibility index (Phi) is 32.9. The van der Waals surface area contributed by atoms with Gasteiger partial charge in [-0.15, -0.1) is 0 Å². The van der Waals surface area contributed by atoms with E-state index in [9.17, 15) is 9.59 Å². The maximum absolute atomic E-state index is 12.9. The van der Waals surface area contributed by atoms with Crippen LogP contribution in [0.3, 0.4) is 0 Å². The molecule has 0 radical (unpaired) electrons. The van der Waals surface area contributed by atoms with E-state index in [-0.39, 0.29) is 5.97 Å². The second kappa shape index (κ2) is 33.3. The lowest BCUT2D eigenvalue weighted by molar-refractivity contribution is -0.145. The van der Waals surface area contributed by atoms with Gasteiger partial charge in [0.05, 0.1) is 6.61 Å². The monoisotopic (exact) mass is 657 g/mol. The molecule has 0 N–H and O–H groups in total. The molecule has 0 aromatic carbocycles. The summed E-state index contributed by atoms with van der Waals surface area (Å²) in [5.74, 6) is 0.869. The van der Waals surface area contributed by atoms with E-state index in [0.29, 0.717) is 31.3 Å². The van der Waals surface area contributed by atoms with Crippen LogP contribution in [0.5, 0.6) is 0 Å². The van der Waals surface area contributed by atoms with E-state index in [1.807, 2.05) is 0 Å². The van der Waals surface area contributed by atoms with Crippen LogP contribution in [0, 0.1) is 5.92 Å². The lowest BCUT2D eigenvalue weighted by atomic mass is 9.95. The van der Waals surface area contributed by atoms with E-state index in [0.717, 1.165) is 63.4 Å². The third-order valence-electron chi connectivity index (χ3n) is 8.63. The van der Waals surface area contributed by atoms with Crippen LogP contribution in [-0.2, 0) is 14.3 Å². The quantitative estimate of drug-likeness (QED) is 0.0400. The molecule has 5 heteroatoms. The third kappa shape index (κ3) is 28.2. The number of rotatable bonds is 33. The maximum Gasteiger partial charge on any atom is 0.305 e. The van der Waals surface area contributed by atoms with Crippen LogP contribution in [0.15, 0.2) is 0 Å². The standard InChI is InChI=1S/C37H72BrNO3/c1-4-7-10-13-15-21-28-35(27-20-11-8-5-2)34-42-37(41)30-23-17-19-26-33-39(32-25-12-9-6-3)36(40)29-22-16-14-18-24-31-38/h35H,4-34H2,1-3H3. The minimum atomic E-state index is -0.0135. The van der Waals surface area contributed by atoms with E-state index in [2.05, 4.69) is 41.6 Å². The van der Waals surface area contributed by atoms with Gasteiger partial charge in [-0.2, -0.15) is 0 Å². The molecule has 0 aliphatic heterocycles. The van der Waals surface area contributed by atoms with Gasteiger partial charge in [0.2, 0.25) is 5.91 Å². The lowest BCUT2D eigenvalue weighted by Gasteiger charge is -2.23. The van der Waals surface area contributed by atoms with Gasteiger partial charge in [-0.25, -0.2) is 0 Å². The predicted octanol–water partition coefficient (Wildman–Crippen LogP) is 12.0. The highest BCUT2D eigenvalue weighted by atomic mass is 79.9. The van der Waals surface area contributed by atoms with E-state index in [1.54, 1.807) is 0 Å². The van der Waals surface area contributed by atoms with Gasteiger partial charge in [-0.3, -0.25) is 9.59 Å². The van der Waals surface area contributed by atoms with Crippen LogP contribution in [0.25, 0.3) is 0 Å².